The van der Waals surface area contributed by atoms with Crippen molar-refractivity contribution >= 4 is 11.6 Å². The van der Waals surface area contributed by atoms with Crippen LogP contribution in [0.15, 0.2) is 12.4 Å². The van der Waals surface area contributed by atoms with Gasteiger partial charge in [0, 0.05) is 38.3 Å². The van der Waals surface area contributed by atoms with Crippen LogP contribution in [0.25, 0.3) is 0 Å². The van der Waals surface area contributed by atoms with Crippen LogP contribution >= 0.6 is 0 Å². The molecule has 1 aliphatic rings. The number of hydrogen-bond acceptors (Lipinski definition) is 5. The number of hydrogen-bond donors (Lipinski definition) is 1. The second-order valence-electron chi connectivity index (χ2n) is 4.95. The number of nitrogens with zero attached hydrogens (tertiary/aromatic N) is 4. The van der Waals surface area contributed by atoms with Crippen LogP contribution in [0.4, 0.5) is 11.6 Å². The van der Waals surface area contributed by atoms with E-state index < -0.39 is 0 Å². The minimum absolute atomic E-state index is 0.560. The van der Waals surface area contributed by atoms with Gasteiger partial charge in [0.05, 0.1) is 0 Å². The molecule has 0 spiro atoms. The third-order valence-electron chi connectivity index (χ3n) is 3.84. The lowest BCUT2D eigenvalue weighted by atomic mass is 10.2. The van der Waals surface area contributed by atoms with Crippen LogP contribution in [0.2, 0.25) is 0 Å². The van der Waals surface area contributed by atoms with Crippen molar-refractivity contribution in [2.24, 2.45) is 0 Å². The predicted octanol–water partition coefficient (Wildman–Crippen LogP) is 1.51. The van der Waals surface area contributed by atoms with Crippen LogP contribution in [-0.2, 0) is 0 Å². The molecule has 0 amide bonds. The Hall–Kier alpha value is -1.36. The zero-order chi connectivity index (χ0) is 13.7. The number of nitrogens with one attached hydrogen (secondary N) is 1. The number of aromatic nitrogens is 2. The smallest absolute Gasteiger partial charge is 0.134 e. The molecule has 19 heavy (non-hydrogen) atoms. The number of likely N-dealkylation sites (N-methyl/N-ethyl adjacent to an activating group) is 1. The minimum Gasteiger partial charge on any atom is -0.357 e. The van der Waals surface area contributed by atoms with E-state index in [9.17, 15) is 0 Å². The van der Waals surface area contributed by atoms with Gasteiger partial charge in [0.15, 0.2) is 0 Å². The predicted molar refractivity (Wildman–Crippen MR) is 79.9 cm³/mol. The van der Waals surface area contributed by atoms with E-state index in [4.69, 9.17) is 0 Å². The average molecular weight is 263 g/mol. The fourth-order valence-corrected chi connectivity index (χ4v) is 2.80. The van der Waals surface area contributed by atoms with Gasteiger partial charge in [0.1, 0.15) is 18.0 Å². The first-order valence-electron chi connectivity index (χ1n) is 7.28. The third kappa shape index (κ3) is 3.15. The summed E-state index contributed by atoms with van der Waals surface area (Å²) in [4.78, 5) is 13.5. The van der Waals surface area contributed by atoms with Gasteiger partial charge < -0.3 is 15.1 Å². The van der Waals surface area contributed by atoms with Crippen molar-refractivity contribution in [2.75, 3.05) is 43.0 Å². The first-order valence-corrected chi connectivity index (χ1v) is 7.28. The summed E-state index contributed by atoms with van der Waals surface area (Å²) in [6, 6.07) is 2.69. The van der Waals surface area contributed by atoms with Crippen molar-refractivity contribution in [3.05, 3.63) is 12.4 Å². The van der Waals surface area contributed by atoms with Crippen molar-refractivity contribution in [3.8, 4) is 0 Å². The highest BCUT2D eigenvalue weighted by Crippen LogP contribution is 2.25. The fraction of sp³-hybridized carbons (Fsp3) is 0.714. The van der Waals surface area contributed by atoms with E-state index in [1.54, 1.807) is 6.33 Å². The maximum atomic E-state index is 4.47. The van der Waals surface area contributed by atoms with Crippen molar-refractivity contribution in [2.45, 2.75) is 32.7 Å². The molecular formula is C14H25N5. The van der Waals surface area contributed by atoms with Crippen molar-refractivity contribution in [3.63, 3.8) is 0 Å². The zero-order valence-electron chi connectivity index (χ0n) is 12.3. The summed E-state index contributed by atoms with van der Waals surface area (Å²) in [5.74, 6) is 2.10. The number of rotatable bonds is 6. The topological polar surface area (TPSA) is 44.3 Å². The highest BCUT2D eigenvalue weighted by atomic mass is 15.3. The lowest BCUT2D eigenvalue weighted by molar-refractivity contribution is 0.611. The largest absolute Gasteiger partial charge is 0.357 e. The lowest BCUT2D eigenvalue weighted by Gasteiger charge is -2.27. The summed E-state index contributed by atoms with van der Waals surface area (Å²) in [5, 5.41) is 3.27. The Kier molecular flexibility index (Phi) is 4.96. The molecule has 106 valence electrons. The Bertz CT molecular complexity index is 391. The van der Waals surface area contributed by atoms with E-state index >= 15 is 0 Å². The molecule has 2 heterocycles. The fourth-order valence-electron chi connectivity index (χ4n) is 2.80. The van der Waals surface area contributed by atoms with Crippen LogP contribution in [0.3, 0.4) is 0 Å². The molecule has 1 fully saturated rings. The molecule has 1 aromatic heterocycles. The van der Waals surface area contributed by atoms with E-state index in [1.807, 2.05) is 7.05 Å². The normalized spacial score (nSPS) is 18.9. The first-order chi connectivity index (χ1) is 9.30. The van der Waals surface area contributed by atoms with Crippen molar-refractivity contribution < 1.29 is 0 Å². The molecule has 5 nitrogen and oxygen atoms in total. The van der Waals surface area contributed by atoms with Gasteiger partial charge in [-0.25, -0.2) is 9.97 Å². The maximum Gasteiger partial charge on any atom is 0.134 e. The van der Waals surface area contributed by atoms with Crippen molar-refractivity contribution in [1.82, 2.24) is 15.3 Å². The second-order valence-corrected chi connectivity index (χ2v) is 4.95. The molecule has 2 rings (SSSR count). The second kappa shape index (κ2) is 6.70. The molecule has 0 bridgehead atoms. The Morgan fingerprint density at radius 3 is 2.84 bits per heavy atom. The number of anilines is 2. The summed E-state index contributed by atoms with van der Waals surface area (Å²) < 4.78 is 0. The van der Waals surface area contributed by atoms with Gasteiger partial charge in [-0.05, 0) is 33.7 Å². The summed E-state index contributed by atoms with van der Waals surface area (Å²) in [6.45, 7) is 8.39. The average Bonchev–Trinajstić information content (AvgIpc) is 2.89. The van der Waals surface area contributed by atoms with Crippen LogP contribution < -0.4 is 15.1 Å². The Morgan fingerprint density at radius 1 is 1.37 bits per heavy atom. The molecule has 1 N–H and O–H groups in total. The van der Waals surface area contributed by atoms with Gasteiger partial charge in [-0.3, -0.25) is 0 Å². The Balaban J connectivity index is 2.18. The SMILES string of the molecule is CCN(CC)c1cc(N2CCCC2CNC)ncn1. The molecule has 1 aliphatic heterocycles. The Labute approximate surface area is 116 Å². The van der Waals surface area contributed by atoms with E-state index in [1.165, 1.54) is 12.8 Å². The summed E-state index contributed by atoms with van der Waals surface area (Å²) in [5.41, 5.74) is 0. The van der Waals surface area contributed by atoms with Gasteiger partial charge in [-0.15, -0.1) is 0 Å². The maximum absolute atomic E-state index is 4.47. The Morgan fingerprint density at radius 2 is 2.16 bits per heavy atom. The highest BCUT2D eigenvalue weighted by molar-refractivity contribution is 5.51. The van der Waals surface area contributed by atoms with Gasteiger partial charge >= 0.3 is 0 Å². The molecule has 1 aromatic rings. The molecule has 5 heteroatoms. The molecular weight excluding hydrogens is 238 g/mol. The van der Waals surface area contributed by atoms with Gasteiger partial charge in [-0.2, -0.15) is 0 Å². The highest BCUT2D eigenvalue weighted by Gasteiger charge is 2.25. The quantitative estimate of drug-likeness (QED) is 0.843. The first kappa shape index (κ1) is 14.1. The molecule has 0 aliphatic carbocycles. The lowest BCUT2D eigenvalue weighted by Crippen LogP contribution is -2.37. The van der Waals surface area contributed by atoms with Crippen LogP contribution in [-0.4, -0.2) is 49.2 Å². The minimum atomic E-state index is 0.560. The molecule has 1 atom stereocenters. The monoisotopic (exact) mass is 263 g/mol. The summed E-state index contributed by atoms with van der Waals surface area (Å²) in [6.07, 6.45) is 4.18. The van der Waals surface area contributed by atoms with Crippen LogP contribution in [0.5, 0.6) is 0 Å². The van der Waals surface area contributed by atoms with Crippen LogP contribution in [0, 0.1) is 0 Å². The molecule has 0 aromatic carbocycles. The van der Waals surface area contributed by atoms with E-state index in [2.05, 4.69) is 45.0 Å². The van der Waals surface area contributed by atoms with Crippen LogP contribution in [0.1, 0.15) is 26.7 Å². The standard InChI is InChI=1S/C14H25N5/c1-4-18(5-2)13-9-14(17-11-16-13)19-8-6-7-12(19)10-15-3/h9,11-12,15H,4-8,10H2,1-3H3. The summed E-state index contributed by atoms with van der Waals surface area (Å²) in [7, 11) is 2.01. The van der Waals surface area contributed by atoms with E-state index in [-0.39, 0.29) is 0 Å². The van der Waals surface area contributed by atoms with Gasteiger partial charge in [-0.1, -0.05) is 0 Å². The third-order valence-corrected chi connectivity index (χ3v) is 3.84. The van der Waals surface area contributed by atoms with Gasteiger partial charge in [0.2, 0.25) is 0 Å². The van der Waals surface area contributed by atoms with E-state index in [0.717, 1.165) is 37.8 Å². The molecule has 0 radical (unpaired) electrons. The molecule has 1 saturated heterocycles. The summed E-state index contributed by atoms with van der Waals surface area (Å²) >= 11 is 0. The molecule has 1 unspecified atom stereocenters. The van der Waals surface area contributed by atoms with Crippen molar-refractivity contribution in [1.29, 1.82) is 0 Å². The van der Waals surface area contributed by atoms with E-state index in [0.29, 0.717) is 6.04 Å². The van der Waals surface area contributed by atoms with Gasteiger partial charge in [0.25, 0.3) is 0 Å². The molecule has 0 saturated carbocycles. The zero-order valence-corrected chi connectivity index (χ0v) is 12.3.